The van der Waals surface area contributed by atoms with Gasteiger partial charge in [0.05, 0.1) is 5.39 Å². The summed E-state index contributed by atoms with van der Waals surface area (Å²) in [5.74, 6) is 0.570. The van der Waals surface area contributed by atoms with Crippen LogP contribution in [0.2, 0.25) is 0 Å². The molecule has 5 rings (SSSR count). The summed E-state index contributed by atoms with van der Waals surface area (Å²) in [6, 6.07) is 22.6. The van der Waals surface area contributed by atoms with Gasteiger partial charge in [-0.25, -0.2) is 0 Å². The van der Waals surface area contributed by atoms with Crippen LogP contribution >= 0.6 is 0 Å². The Morgan fingerprint density at radius 3 is 2.17 bits per heavy atom. The van der Waals surface area contributed by atoms with Crippen LogP contribution in [0.5, 0.6) is 0 Å². The minimum atomic E-state index is -0.0627. The van der Waals surface area contributed by atoms with Crippen molar-refractivity contribution in [3.63, 3.8) is 0 Å². The number of hydrogen-bond donors (Lipinski definition) is 0. The summed E-state index contributed by atoms with van der Waals surface area (Å²) in [5.41, 5.74) is 2.86. The first kappa shape index (κ1) is 13.1. The second-order valence-corrected chi connectivity index (χ2v) is 5.75. The maximum atomic E-state index is 12.8. The zero-order valence-corrected chi connectivity index (χ0v) is 12.7. The molecule has 0 saturated carbocycles. The number of para-hydroxylation sites is 1. The molecule has 3 nitrogen and oxygen atoms in total. The molecule has 0 aliphatic heterocycles. The molecule has 0 radical (unpaired) electrons. The van der Waals surface area contributed by atoms with E-state index in [0.29, 0.717) is 22.3 Å². The normalized spacial score (nSPS) is 11.5. The molecule has 0 aliphatic carbocycles. The van der Waals surface area contributed by atoms with Gasteiger partial charge in [-0.3, -0.25) is 4.79 Å². The van der Waals surface area contributed by atoms with Crippen LogP contribution in [0.25, 0.3) is 44.2 Å². The van der Waals surface area contributed by atoms with Gasteiger partial charge in [0.25, 0.3) is 0 Å². The fourth-order valence-electron chi connectivity index (χ4n) is 3.21. The van der Waals surface area contributed by atoms with Crippen LogP contribution in [-0.2, 0) is 0 Å². The third kappa shape index (κ3) is 1.82. The van der Waals surface area contributed by atoms with Crippen LogP contribution in [-0.4, -0.2) is 0 Å². The Morgan fingerprint density at radius 1 is 0.625 bits per heavy atom. The highest BCUT2D eigenvalue weighted by molar-refractivity contribution is 6.17. The zero-order valence-electron chi connectivity index (χ0n) is 12.7. The molecule has 2 aromatic heterocycles. The number of rotatable bonds is 1. The quantitative estimate of drug-likeness (QED) is 0.418. The number of fused-ring (bicyclic) bond motifs is 5. The van der Waals surface area contributed by atoms with Crippen LogP contribution < -0.4 is 5.43 Å². The molecule has 0 unspecified atom stereocenters. The summed E-state index contributed by atoms with van der Waals surface area (Å²) in [7, 11) is 0. The molecule has 24 heavy (non-hydrogen) atoms. The van der Waals surface area contributed by atoms with Crippen LogP contribution in [0.3, 0.4) is 0 Å². The molecule has 3 heteroatoms. The third-order valence-corrected chi connectivity index (χ3v) is 4.29. The van der Waals surface area contributed by atoms with Gasteiger partial charge in [-0.2, -0.15) is 0 Å². The van der Waals surface area contributed by atoms with Crippen molar-refractivity contribution in [3.8, 4) is 11.3 Å². The Labute approximate surface area is 136 Å². The molecule has 0 saturated heterocycles. The average molecular weight is 312 g/mol. The Bertz CT molecular complexity index is 1260. The van der Waals surface area contributed by atoms with E-state index < -0.39 is 0 Å². The van der Waals surface area contributed by atoms with Gasteiger partial charge < -0.3 is 8.83 Å². The number of benzene rings is 3. The molecule has 0 fully saturated rings. The van der Waals surface area contributed by atoms with Crippen molar-refractivity contribution in [2.24, 2.45) is 0 Å². The van der Waals surface area contributed by atoms with E-state index in [1.165, 1.54) is 0 Å². The van der Waals surface area contributed by atoms with E-state index >= 15 is 0 Å². The van der Waals surface area contributed by atoms with Crippen LogP contribution in [0, 0.1) is 0 Å². The largest absolute Gasteiger partial charge is 0.456 e. The van der Waals surface area contributed by atoms with Crippen molar-refractivity contribution in [2.75, 3.05) is 0 Å². The molecule has 2 heterocycles. The van der Waals surface area contributed by atoms with Crippen molar-refractivity contribution in [2.45, 2.75) is 0 Å². The van der Waals surface area contributed by atoms with Crippen LogP contribution in [0.1, 0.15) is 0 Å². The second-order valence-electron chi connectivity index (χ2n) is 5.75. The molecule has 3 aromatic carbocycles. The maximum absolute atomic E-state index is 12.8. The van der Waals surface area contributed by atoms with Crippen molar-refractivity contribution in [3.05, 3.63) is 83.0 Å². The van der Waals surface area contributed by atoms with E-state index in [1.54, 1.807) is 12.1 Å². The molecule has 0 N–H and O–H groups in total. The van der Waals surface area contributed by atoms with Gasteiger partial charge in [-0.05, 0) is 18.2 Å². The fraction of sp³-hybridized carbons (Fsp3) is 0. The average Bonchev–Trinajstić information content (AvgIpc) is 3.01. The van der Waals surface area contributed by atoms with Gasteiger partial charge >= 0.3 is 0 Å². The molecule has 5 aromatic rings. The van der Waals surface area contributed by atoms with E-state index in [0.717, 1.165) is 21.9 Å². The van der Waals surface area contributed by atoms with Gasteiger partial charge in [0.1, 0.15) is 22.5 Å². The van der Waals surface area contributed by atoms with Gasteiger partial charge in [0, 0.05) is 22.4 Å². The van der Waals surface area contributed by atoms with Crippen molar-refractivity contribution in [1.29, 1.82) is 0 Å². The minimum Gasteiger partial charge on any atom is -0.456 e. The molecule has 0 spiro atoms. The minimum absolute atomic E-state index is 0.0627. The van der Waals surface area contributed by atoms with E-state index in [-0.39, 0.29) is 5.43 Å². The van der Waals surface area contributed by atoms with E-state index in [1.807, 2.05) is 60.7 Å². The van der Waals surface area contributed by atoms with Crippen LogP contribution in [0.15, 0.2) is 86.4 Å². The first-order valence-electron chi connectivity index (χ1n) is 7.75. The Hall–Kier alpha value is -3.33. The predicted octanol–water partition coefficient (Wildman–Crippen LogP) is 5.36. The highest BCUT2D eigenvalue weighted by atomic mass is 16.3. The Morgan fingerprint density at radius 2 is 1.33 bits per heavy atom. The van der Waals surface area contributed by atoms with E-state index in [4.69, 9.17) is 8.83 Å². The van der Waals surface area contributed by atoms with Crippen molar-refractivity contribution >= 4 is 32.9 Å². The second kappa shape index (κ2) is 4.83. The number of furan rings is 1. The lowest BCUT2D eigenvalue weighted by Gasteiger charge is -2.03. The summed E-state index contributed by atoms with van der Waals surface area (Å²) in [5, 5.41) is 2.31. The molecule has 0 aliphatic rings. The highest BCUT2D eigenvalue weighted by Crippen LogP contribution is 2.34. The molecular formula is C21H12O3. The fourth-order valence-corrected chi connectivity index (χ4v) is 3.21. The molecular weight excluding hydrogens is 300 g/mol. The Kier molecular flexibility index (Phi) is 2.65. The highest BCUT2D eigenvalue weighted by Gasteiger charge is 2.15. The lowest BCUT2D eigenvalue weighted by molar-refractivity contribution is 0.618. The predicted molar refractivity (Wildman–Crippen MR) is 95.2 cm³/mol. The smallest absolute Gasteiger partial charge is 0.194 e. The first-order chi connectivity index (χ1) is 11.8. The zero-order chi connectivity index (χ0) is 16.1. The molecule has 0 bridgehead atoms. The first-order valence-corrected chi connectivity index (χ1v) is 7.75. The third-order valence-electron chi connectivity index (χ3n) is 4.29. The Balaban J connectivity index is 1.92. The van der Waals surface area contributed by atoms with E-state index in [9.17, 15) is 4.79 Å². The SMILES string of the molecule is O=c1cc(-c2ccccc2)oc2ccc3oc4ccccc4c3c12. The van der Waals surface area contributed by atoms with Gasteiger partial charge in [-0.1, -0.05) is 48.5 Å². The molecule has 0 atom stereocenters. The summed E-state index contributed by atoms with van der Waals surface area (Å²) in [6.07, 6.45) is 0. The number of hydrogen-bond acceptors (Lipinski definition) is 3. The lowest BCUT2D eigenvalue weighted by Crippen LogP contribution is -2.00. The monoisotopic (exact) mass is 312 g/mol. The maximum Gasteiger partial charge on any atom is 0.194 e. The van der Waals surface area contributed by atoms with Gasteiger partial charge in [0.15, 0.2) is 5.43 Å². The summed E-state index contributed by atoms with van der Waals surface area (Å²) in [4.78, 5) is 12.8. The van der Waals surface area contributed by atoms with Crippen molar-refractivity contribution < 1.29 is 8.83 Å². The molecule has 114 valence electrons. The summed E-state index contributed by atoms with van der Waals surface area (Å²) >= 11 is 0. The van der Waals surface area contributed by atoms with Crippen LogP contribution in [0.4, 0.5) is 0 Å². The van der Waals surface area contributed by atoms with Gasteiger partial charge in [-0.15, -0.1) is 0 Å². The summed E-state index contributed by atoms with van der Waals surface area (Å²) < 4.78 is 11.9. The van der Waals surface area contributed by atoms with Crippen molar-refractivity contribution in [1.82, 2.24) is 0 Å². The van der Waals surface area contributed by atoms with E-state index in [2.05, 4.69) is 0 Å². The molecule has 0 amide bonds. The van der Waals surface area contributed by atoms with Gasteiger partial charge in [0.2, 0.25) is 0 Å². The standard InChI is InChI=1S/C21H12O3/c22-15-12-19(13-6-2-1-3-7-13)24-18-11-10-17-20(21(15)18)14-8-4-5-9-16(14)23-17/h1-12H. The summed E-state index contributed by atoms with van der Waals surface area (Å²) in [6.45, 7) is 0. The topological polar surface area (TPSA) is 43.4 Å². The lowest BCUT2D eigenvalue weighted by atomic mass is 10.1.